The highest BCUT2D eigenvalue weighted by Gasteiger charge is 2.20. The maximum Gasteiger partial charge on any atom is 0.262 e. The van der Waals surface area contributed by atoms with Crippen LogP contribution in [-0.4, -0.2) is 29.9 Å². The molecule has 5 nitrogen and oxygen atoms in total. The second-order valence-electron chi connectivity index (χ2n) is 12.9. The Kier molecular flexibility index (Phi) is 18.0. The number of hydrogen-bond donors (Lipinski definition) is 1. The van der Waals surface area contributed by atoms with Crippen LogP contribution in [0.3, 0.4) is 0 Å². The molecule has 0 atom stereocenters. The molecule has 1 heterocycles. The Hall–Kier alpha value is -2.12. The number of benzene rings is 2. The molecular weight excluding hydrogens is 632 g/mol. The Morgan fingerprint density at radius 2 is 1.48 bits per heavy atom. The summed E-state index contributed by atoms with van der Waals surface area (Å²) >= 11 is 1.86. The first-order valence-corrected chi connectivity index (χ1v) is 17.6. The molecule has 1 aliphatic rings. The summed E-state index contributed by atoms with van der Waals surface area (Å²) in [6, 6.07) is 14.0. The number of nitrogens with zero attached hydrogens (tertiary/aromatic N) is 1. The Bertz CT molecular complexity index is 1130. The van der Waals surface area contributed by atoms with Gasteiger partial charge in [-0.25, -0.2) is 0 Å². The summed E-state index contributed by atoms with van der Waals surface area (Å²) in [6.07, 6.45) is 18.1. The molecule has 0 radical (unpaired) electrons. The Morgan fingerprint density at radius 3 is 2.05 bits per heavy atom. The average Bonchev–Trinajstić information content (AvgIpc) is 3.39. The van der Waals surface area contributed by atoms with Gasteiger partial charge >= 0.3 is 0 Å². The molecule has 1 aliphatic heterocycles. The van der Waals surface area contributed by atoms with Crippen LogP contribution in [0.5, 0.6) is 11.5 Å². The van der Waals surface area contributed by atoms with E-state index in [2.05, 4.69) is 69.2 Å². The van der Waals surface area contributed by atoms with Gasteiger partial charge in [0.25, 0.3) is 5.91 Å². The van der Waals surface area contributed by atoms with Crippen molar-refractivity contribution in [1.82, 2.24) is 4.90 Å². The first kappa shape index (κ1) is 38.1. The lowest BCUT2D eigenvalue weighted by Gasteiger charge is -2.23. The lowest BCUT2D eigenvalue weighted by Crippen LogP contribution is -2.20. The summed E-state index contributed by atoms with van der Waals surface area (Å²) in [5, 5.41) is 2.95. The van der Waals surface area contributed by atoms with E-state index in [0.717, 1.165) is 35.8 Å². The molecule has 7 heteroatoms. The van der Waals surface area contributed by atoms with Crippen LogP contribution >= 0.6 is 28.7 Å². The molecule has 0 unspecified atom stereocenters. The van der Waals surface area contributed by atoms with Crippen LogP contribution in [0.4, 0.5) is 5.69 Å². The summed E-state index contributed by atoms with van der Waals surface area (Å²) in [7, 11) is 0. The fourth-order valence-electron chi connectivity index (χ4n) is 5.34. The second-order valence-corrected chi connectivity index (χ2v) is 14.1. The first-order chi connectivity index (χ1) is 20.7. The number of rotatable bonds is 20. The van der Waals surface area contributed by atoms with E-state index in [1.165, 1.54) is 81.1 Å². The number of unbranched alkanes of at least 4 members (excludes halogenated alkanes) is 11. The van der Waals surface area contributed by atoms with E-state index in [9.17, 15) is 4.79 Å². The fourth-order valence-corrected chi connectivity index (χ4v) is 6.10. The van der Waals surface area contributed by atoms with Gasteiger partial charge < -0.3 is 19.7 Å². The summed E-state index contributed by atoms with van der Waals surface area (Å²) in [5.41, 5.74) is 3.10. The zero-order valence-corrected chi connectivity index (χ0v) is 30.5. The summed E-state index contributed by atoms with van der Waals surface area (Å²) in [6.45, 7) is 12.5. The molecule has 1 amide bonds. The van der Waals surface area contributed by atoms with Crippen LogP contribution in [0.2, 0.25) is 0 Å². The van der Waals surface area contributed by atoms with Crippen molar-refractivity contribution >= 4 is 40.3 Å². The third-order valence-corrected chi connectivity index (χ3v) is 8.85. The quantitative estimate of drug-likeness (QED) is 0.140. The topological polar surface area (TPSA) is 50.8 Å². The maximum atomic E-state index is 12.6. The Balaban J connectivity index is 0.00000675. The van der Waals surface area contributed by atoms with E-state index < -0.39 is 0 Å². The maximum absolute atomic E-state index is 12.6. The predicted molar refractivity (Wildman–Crippen MR) is 194 cm³/mol. The molecule has 0 spiro atoms. The summed E-state index contributed by atoms with van der Waals surface area (Å²) < 4.78 is 12.2. The fraction of sp³-hybridized carbons (Fsp3) is 0.595. The number of anilines is 1. The molecule has 0 fully saturated rings. The monoisotopic (exact) mass is 688 g/mol. The minimum absolute atomic E-state index is 0. The molecule has 0 aliphatic carbocycles. The third-order valence-electron chi connectivity index (χ3n) is 7.83. The minimum atomic E-state index is -0.180. The number of carbonyl (C=O) groups is 1. The highest BCUT2D eigenvalue weighted by atomic mass is 79.9. The molecule has 0 bridgehead atoms. The van der Waals surface area contributed by atoms with Crippen LogP contribution in [0.1, 0.15) is 123 Å². The highest BCUT2D eigenvalue weighted by Crippen LogP contribution is 2.34. The second kappa shape index (κ2) is 20.8. The van der Waals surface area contributed by atoms with E-state index in [1.807, 2.05) is 36.0 Å². The minimum Gasteiger partial charge on any atom is -0.493 e. The molecular formula is C37H57BrN2O3S. The van der Waals surface area contributed by atoms with Crippen LogP contribution in [0, 0.1) is 0 Å². The molecule has 0 aromatic heterocycles. The van der Waals surface area contributed by atoms with Gasteiger partial charge in [0.15, 0.2) is 6.61 Å². The van der Waals surface area contributed by atoms with Gasteiger partial charge in [-0.2, -0.15) is 0 Å². The summed E-state index contributed by atoms with van der Waals surface area (Å²) in [4.78, 5) is 16.3. The standard InChI is InChI=1S/C37H56N2O3S.BrH/c1-6-7-8-9-10-11-12-13-14-15-16-17-24-41-35-25-33(22-23-34(35)37(3,4)5)42-28-36(40)38-32-20-18-31(19-21-32)27-39-26-30(2)43-29-39;/h18-23,25-26H,6-17,24,27-29H2,1-5H3,(H,38,40);1H. The molecule has 1 N–H and O–H groups in total. The van der Waals surface area contributed by atoms with Crippen molar-refractivity contribution in [2.24, 2.45) is 0 Å². The van der Waals surface area contributed by atoms with Gasteiger partial charge in [0, 0.05) is 24.5 Å². The molecule has 0 saturated carbocycles. The van der Waals surface area contributed by atoms with Gasteiger partial charge in [-0.05, 0) is 53.0 Å². The van der Waals surface area contributed by atoms with Crippen LogP contribution in [0.25, 0.3) is 0 Å². The Labute approximate surface area is 282 Å². The molecule has 2 aromatic rings. The van der Waals surface area contributed by atoms with E-state index in [1.54, 1.807) is 0 Å². The first-order valence-electron chi connectivity index (χ1n) is 16.6. The van der Waals surface area contributed by atoms with Crippen LogP contribution in [-0.2, 0) is 16.8 Å². The largest absolute Gasteiger partial charge is 0.493 e. The molecule has 246 valence electrons. The van der Waals surface area contributed by atoms with Crippen LogP contribution < -0.4 is 14.8 Å². The lowest BCUT2D eigenvalue weighted by atomic mass is 9.86. The number of nitrogens with one attached hydrogen (secondary N) is 1. The third kappa shape index (κ3) is 14.8. The molecule has 2 aromatic carbocycles. The van der Waals surface area contributed by atoms with Gasteiger partial charge in [0.1, 0.15) is 11.5 Å². The number of halogens is 1. The predicted octanol–water partition coefficient (Wildman–Crippen LogP) is 11.0. The van der Waals surface area contributed by atoms with Crippen molar-refractivity contribution in [3.63, 3.8) is 0 Å². The number of ether oxygens (including phenoxy) is 2. The van der Waals surface area contributed by atoms with Crippen LogP contribution in [0.15, 0.2) is 53.6 Å². The zero-order valence-electron chi connectivity index (χ0n) is 27.9. The van der Waals surface area contributed by atoms with Gasteiger partial charge in [-0.15, -0.1) is 28.7 Å². The summed E-state index contributed by atoms with van der Waals surface area (Å²) in [5.74, 6) is 2.31. The van der Waals surface area contributed by atoms with Gasteiger partial charge in [0.2, 0.25) is 0 Å². The van der Waals surface area contributed by atoms with Crippen molar-refractivity contribution in [2.75, 3.05) is 24.4 Å². The highest BCUT2D eigenvalue weighted by molar-refractivity contribution is 8.93. The smallest absolute Gasteiger partial charge is 0.262 e. The average molecular weight is 690 g/mol. The van der Waals surface area contributed by atoms with E-state index in [4.69, 9.17) is 9.47 Å². The van der Waals surface area contributed by atoms with Crippen molar-refractivity contribution in [2.45, 2.75) is 124 Å². The number of hydrogen-bond acceptors (Lipinski definition) is 5. The van der Waals surface area contributed by atoms with Gasteiger partial charge in [-0.3, -0.25) is 4.79 Å². The lowest BCUT2D eigenvalue weighted by molar-refractivity contribution is -0.118. The number of thioether (sulfide) groups is 1. The van der Waals surface area contributed by atoms with E-state index >= 15 is 0 Å². The SMILES string of the molecule is Br.CCCCCCCCCCCCCCOc1cc(OCC(=O)Nc2ccc(CN3C=C(C)SC3)cc2)ccc1C(C)(C)C. The van der Waals surface area contributed by atoms with Gasteiger partial charge in [0.05, 0.1) is 12.5 Å². The van der Waals surface area contributed by atoms with E-state index in [0.29, 0.717) is 12.4 Å². The van der Waals surface area contributed by atoms with E-state index in [-0.39, 0.29) is 34.9 Å². The molecule has 44 heavy (non-hydrogen) atoms. The van der Waals surface area contributed by atoms with Crippen molar-refractivity contribution < 1.29 is 14.3 Å². The van der Waals surface area contributed by atoms with Crippen molar-refractivity contribution in [3.05, 3.63) is 64.7 Å². The normalized spacial score (nSPS) is 12.9. The van der Waals surface area contributed by atoms with Crippen molar-refractivity contribution in [3.8, 4) is 11.5 Å². The van der Waals surface area contributed by atoms with Crippen molar-refractivity contribution in [1.29, 1.82) is 0 Å². The Morgan fingerprint density at radius 1 is 0.864 bits per heavy atom. The molecule has 3 rings (SSSR count). The number of amides is 1. The van der Waals surface area contributed by atoms with Gasteiger partial charge in [-0.1, -0.05) is 117 Å². The zero-order chi connectivity index (χ0) is 30.9. The molecule has 0 saturated heterocycles. The number of carbonyl (C=O) groups excluding carboxylic acids is 1. The number of allylic oxidation sites excluding steroid dienone is 1.